The van der Waals surface area contributed by atoms with E-state index in [2.05, 4.69) is 15.3 Å². The molecule has 1 aromatic carbocycles. The molecule has 0 unspecified atom stereocenters. The molecule has 0 aliphatic heterocycles. The van der Waals surface area contributed by atoms with Gasteiger partial charge in [0.25, 0.3) is 0 Å². The van der Waals surface area contributed by atoms with Gasteiger partial charge in [-0.2, -0.15) is 13.2 Å². The van der Waals surface area contributed by atoms with Gasteiger partial charge in [0.1, 0.15) is 12.4 Å². The first kappa shape index (κ1) is 20.4. The molecule has 3 atom stereocenters. The van der Waals surface area contributed by atoms with Crippen molar-refractivity contribution in [1.82, 2.24) is 24.4 Å². The fourth-order valence-corrected chi connectivity index (χ4v) is 4.20. The largest absolute Gasteiger partial charge is 0.449 e. The molecule has 1 fully saturated rings. The van der Waals surface area contributed by atoms with Gasteiger partial charge in [0.15, 0.2) is 0 Å². The number of hydrogen-bond acceptors (Lipinski definition) is 4. The van der Waals surface area contributed by atoms with Crippen LogP contribution in [0.2, 0.25) is 0 Å². The Labute approximate surface area is 170 Å². The Hall–Kier alpha value is -2.88. The summed E-state index contributed by atoms with van der Waals surface area (Å²) in [7, 11) is 0. The van der Waals surface area contributed by atoms with E-state index in [4.69, 9.17) is 0 Å². The third kappa shape index (κ3) is 3.79. The molecular weight excluding hydrogens is 399 g/mol. The van der Waals surface area contributed by atoms with Crippen molar-refractivity contribution in [2.75, 3.05) is 0 Å². The Morgan fingerprint density at radius 2 is 2.07 bits per heavy atom. The number of nitrogens with one attached hydrogen (secondary N) is 1. The fraction of sp³-hybridized carbons (Fsp3) is 0.450. The molecule has 7 nitrogen and oxygen atoms in total. The van der Waals surface area contributed by atoms with E-state index in [0.29, 0.717) is 6.42 Å². The van der Waals surface area contributed by atoms with Crippen LogP contribution in [-0.4, -0.2) is 42.3 Å². The molecule has 1 saturated carbocycles. The summed E-state index contributed by atoms with van der Waals surface area (Å²) in [6.07, 6.45) is -0.0754. The number of rotatable bonds is 4. The molecule has 1 amide bonds. The number of carbonyl (C=O) groups is 1. The van der Waals surface area contributed by atoms with Gasteiger partial charge in [0.05, 0.1) is 29.2 Å². The van der Waals surface area contributed by atoms with Crippen LogP contribution in [0.3, 0.4) is 0 Å². The van der Waals surface area contributed by atoms with Crippen molar-refractivity contribution < 1.29 is 23.1 Å². The number of hydrogen-bond donors (Lipinski definition) is 2. The molecule has 4 rings (SSSR count). The molecule has 0 radical (unpaired) electrons. The fourth-order valence-electron chi connectivity index (χ4n) is 4.20. The number of carbonyl (C=O) groups excluding carboxylic acids is 1. The minimum Gasteiger partial charge on any atom is -0.389 e. The minimum atomic E-state index is -4.69. The van der Waals surface area contributed by atoms with Gasteiger partial charge in [-0.3, -0.25) is 4.79 Å². The van der Waals surface area contributed by atoms with E-state index in [0.717, 1.165) is 23.2 Å². The van der Waals surface area contributed by atoms with Crippen molar-refractivity contribution in [1.29, 1.82) is 0 Å². The summed E-state index contributed by atoms with van der Waals surface area (Å²) in [6, 6.07) is 5.37. The molecule has 0 bridgehead atoms. The zero-order valence-electron chi connectivity index (χ0n) is 16.3. The van der Waals surface area contributed by atoms with Gasteiger partial charge < -0.3 is 19.6 Å². The maximum atomic E-state index is 13.4. The summed E-state index contributed by atoms with van der Waals surface area (Å²) in [5.74, 6) is -0.962. The topological polar surface area (TPSA) is 85.0 Å². The number of aromatic nitrogens is 4. The summed E-state index contributed by atoms with van der Waals surface area (Å²) >= 11 is 0. The van der Waals surface area contributed by atoms with Crippen LogP contribution in [-0.2, 0) is 17.5 Å². The van der Waals surface area contributed by atoms with E-state index in [-0.39, 0.29) is 17.1 Å². The molecule has 3 aromatic rings. The molecule has 2 aromatic heterocycles. The molecule has 2 N–H and O–H groups in total. The van der Waals surface area contributed by atoms with Crippen LogP contribution in [0.15, 0.2) is 36.7 Å². The van der Waals surface area contributed by atoms with E-state index in [1.807, 2.05) is 11.5 Å². The molecule has 10 heteroatoms. The quantitative estimate of drug-likeness (QED) is 0.679. The number of aliphatic hydroxyl groups excluding tert-OH is 1. The molecule has 0 spiro atoms. The Kier molecular flexibility index (Phi) is 5.27. The SMILES string of the molecule is Cc1nccn1[C@@H]1CCC[C@@H](NC(=O)Cn2c(C(F)(F)F)nc3ccccc32)[C@H]1O. The predicted molar refractivity (Wildman–Crippen MR) is 103 cm³/mol. The van der Waals surface area contributed by atoms with E-state index in [1.54, 1.807) is 24.5 Å². The highest BCUT2D eigenvalue weighted by atomic mass is 19.4. The lowest BCUT2D eigenvalue weighted by Gasteiger charge is -2.36. The van der Waals surface area contributed by atoms with Crippen LogP contribution in [0.1, 0.15) is 37.0 Å². The standard InChI is InChI=1S/C20H22F3N5O2/c1-12-24-9-10-27(12)16-8-4-6-14(18(16)30)25-17(29)11-28-15-7-3-2-5-13(15)26-19(28)20(21,22)23/h2-3,5,7,9-10,14,16,18,30H,4,6,8,11H2,1H3,(H,25,29)/t14-,16-,18-/m1/s1. The third-order valence-corrected chi connectivity index (χ3v) is 5.60. The number of fused-ring (bicyclic) bond motifs is 1. The van der Waals surface area contributed by atoms with Gasteiger partial charge in [0, 0.05) is 12.4 Å². The van der Waals surface area contributed by atoms with Crippen molar-refractivity contribution in [2.24, 2.45) is 0 Å². The molecule has 1 aliphatic rings. The highest BCUT2D eigenvalue weighted by Gasteiger charge is 2.39. The van der Waals surface area contributed by atoms with Crippen molar-refractivity contribution >= 4 is 16.9 Å². The van der Waals surface area contributed by atoms with E-state index in [9.17, 15) is 23.1 Å². The second kappa shape index (κ2) is 7.75. The average molecular weight is 421 g/mol. The van der Waals surface area contributed by atoms with Crippen molar-refractivity contribution in [3.63, 3.8) is 0 Å². The van der Waals surface area contributed by atoms with Crippen LogP contribution in [0.25, 0.3) is 11.0 Å². The number of aryl methyl sites for hydroxylation is 1. The number of halogens is 3. The maximum Gasteiger partial charge on any atom is 0.449 e. The molecule has 30 heavy (non-hydrogen) atoms. The number of aliphatic hydroxyl groups is 1. The van der Waals surface area contributed by atoms with Crippen molar-refractivity contribution in [2.45, 2.75) is 57.1 Å². The van der Waals surface area contributed by atoms with Crippen molar-refractivity contribution in [3.05, 3.63) is 48.3 Å². The Bertz CT molecular complexity index is 1060. The van der Waals surface area contributed by atoms with Crippen LogP contribution < -0.4 is 5.32 Å². The van der Waals surface area contributed by atoms with E-state index < -0.39 is 36.6 Å². The first-order valence-corrected chi connectivity index (χ1v) is 9.75. The second-order valence-electron chi connectivity index (χ2n) is 7.55. The van der Waals surface area contributed by atoms with Gasteiger partial charge in [-0.05, 0) is 38.3 Å². The lowest BCUT2D eigenvalue weighted by atomic mass is 9.87. The highest BCUT2D eigenvalue weighted by Crippen LogP contribution is 2.32. The monoisotopic (exact) mass is 421 g/mol. The number of nitrogens with zero attached hydrogens (tertiary/aromatic N) is 4. The summed E-state index contributed by atoms with van der Waals surface area (Å²) in [4.78, 5) is 20.5. The van der Waals surface area contributed by atoms with Gasteiger partial charge in [-0.25, -0.2) is 9.97 Å². The zero-order valence-corrected chi connectivity index (χ0v) is 16.3. The van der Waals surface area contributed by atoms with Gasteiger partial charge in [-0.1, -0.05) is 12.1 Å². The average Bonchev–Trinajstić information content (AvgIpc) is 3.27. The Morgan fingerprint density at radius 1 is 1.30 bits per heavy atom. The van der Waals surface area contributed by atoms with Crippen molar-refractivity contribution in [3.8, 4) is 0 Å². The molecule has 0 saturated heterocycles. The first-order valence-electron chi connectivity index (χ1n) is 9.75. The van der Waals surface area contributed by atoms with Crippen LogP contribution >= 0.6 is 0 Å². The molecule has 1 aliphatic carbocycles. The normalized spacial score (nSPS) is 22.4. The van der Waals surface area contributed by atoms with E-state index >= 15 is 0 Å². The number of amides is 1. The minimum absolute atomic E-state index is 0.172. The summed E-state index contributed by atoms with van der Waals surface area (Å²) in [5, 5.41) is 13.5. The summed E-state index contributed by atoms with van der Waals surface area (Å²) in [6.45, 7) is 1.30. The third-order valence-electron chi connectivity index (χ3n) is 5.60. The molecular formula is C20H22F3N5O2. The number of alkyl halides is 3. The lowest BCUT2D eigenvalue weighted by Crippen LogP contribution is -2.50. The number of benzene rings is 1. The van der Waals surface area contributed by atoms with Crippen LogP contribution in [0, 0.1) is 6.92 Å². The second-order valence-corrected chi connectivity index (χ2v) is 7.55. The summed E-state index contributed by atoms with van der Waals surface area (Å²) in [5.41, 5.74) is 0.405. The van der Waals surface area contributed by atoms with Gasteiger partial charge in [-0.15, -0.1) is 0 Å². The van der Waals surface area contributed by atoms with Crippen LogP contribution in [0.4, 0.5) is 13.2 Å². The highest BCUT2D eigenvalue weighted by molar-refractivity contribution is 5.81. The first-order chi connectivity index (χ1) is 14.3. The zero-order chi connectivity index (χ0) is 21.5. The number of imidazole rings is 2. The molecule has 160 valence electrons. The smallest absolute Gasteiger partial charge is 0.389 e. The maximum absolute atomic E-state index is 13.4. The van der Waals surface area contributed by atoms with Gasteiger partial charge >= 0.3 is 6.18 Å². The number of para-hydroxylation sites is 2. The Morgan fingerprint density at radius 3 is 2.77 bits per heavy atom. The van der Waals surface area contributed by atoms with Crippen LogP contribution in [0.5, 0.6) is 0 Å². The van der Waals surface area contributed by atoms with E-state index in [1.165, 1.54) is 12.1 Å². The lowest BCUT2D eigenvalue weighted by molar-refractivity contribution is -0.147. The Balaban J connectivity index is 1.53. The van der Waals surface area contributed by atoms with Gasteiger partial charge in [0.2, 0.25) is 11.7 Å². The molecule has 2 heterocycles. The summed E-state index contributed by atoms with van der Waals surface area (Å²) < 4.78 is 43.1. The predicted octanol–water partition coefficient (Wildman–Crippen LogP) is 2.83.